The molecule has 3 rings (SSSR count). The van der Waals surface area contributed by atoms with Gasteiger partial charge in [0, 0.05) is 32.2 Å². The van der Waals surface area contributed by atoms with E-state index in [2.05, 4.69) is 18.7 Å². The molecule has 1 amide bonds. The first kappa shape index (κ1) is 19.0. The minimum atomic E-state index is -1.15. The molecule has 26 heavy (non-hydrogen) atoms. The topological polar surface area (TPSA) is 42.0 Å². The van der Waals surface area contributed by atoms with E-state index >= 15 is 0 Å². The lowest BCUT2D eigenvalue weighted by atomic mass is 10.0. The van der Waals surface area contributed by atoms with Crippen molar-refractivity contribution in [3.63, 3.8) is 0 Å². The van der Waals surface area contributed by atoms with Crippen LogP contribution in [-0.2, 0) is 4.74 Å². The number of ether oxygens (including phenoxy) is 2. The minimum Gasteiger partial charge on any atom is -0.494 e. The second kappa shape index (κ2) is 7.88. The van der Waals surface area contributed by atoms with Crippen molar-refractivity contribution in [3.8, 4) is 5.75 Å². The highest BCUT2D eigenvalue weighted by molar-refractivity contribution is 5.94. The van der Waals surface area contributed by atoms with Gasteiger partial charge in [-0.15, -0.1) is 0 Å². The predicted molar refractivity (Wildman–Crippen MR) is 93.4 cm³/mol. The quantitative estimate of drug-likeness (QED) is 0.823. The number of amides is 1. The number of benzene rings is 1. The van der Waals surface area contributed by atoms with Crippen molar-refractivity contribution in [1.29, 1.82) is 0 Å². The first-order chi connectivity index (χ1) is 12.4. The van der Waals surface area contributed by atoms with E-state index in [0.29, 0.717) is 19.1 Å². The van der Waals surface area contributed by atoms with E-state index in [1.165, 1.54) is 19.2 Å². The molecule has 2 saturated heterocycles. The summed E-state index contributed by atoms with van der Waals surface area (Å²) < 4.78 is 38.6. The molecular weight excluding hydrogens is 342 g/mol. The van der Waals surface area contributed by atoms with Gasteiger partial charge in [0.2, 0.25) is 5.82 Å². The normalized spacial score (nSPS) is 25.3. The summed E-state index contributed by atoms with van der Waals surface area (Å²) in [6.45, 7) is 7.00. The number of likely N-dealkylation sites (tertiary alicyclic amines) is 1. The first-order valence-corrected chi connectivity index (χ1v) is 9.11. The van der Waals surface area contributed by atoms with Gasteiger partial charge >= 0.3 is 0 Å². The summed E-state index contributed by atoms with van der Waals surface area (Å²) in [4.78, 5) is 16.6. The maximum atomic E-state index is 14.2. The third-order valence-electron chi connectivity index (χ3n) is 5.21. The standard InChI is InChI=1S/C19H26F2N2O3/c1-12-10-23(11-13(2)26-12)14-6-8-22(9-7-14)19(24)15-4-5-16(25-3)18(21)17(15)20/h4-5,12-14H,6-11H2,1-3H3/t12-,13+. The third kappa shape index (κ3) is 3.83. The molecule has 1 aromatic rings. The van der Waals surface area contributed by atoms with Crippen molar-refractivity contribution < 1.29 is 23.0 Å². The summed E-state index contributed by atoms with van der Waals surface area (Å²) in [5.74, 6) is -2.93. The van der Waals surface area contributed by atoms with Gasteiger partial charge in [-0.05, 0) is 38.8 Å². The zero-order chi connectivity index (χ0) is 18.8. The molecule has 0 spiro atoms. The number of methoxy groups -OCH3 is 1. The van der Waals surface area contributed by atoms with Crippen LogP contribution in [0.2, 0.25) is 0 Å². The van der Waals surface area contributed by atoms with Crippen LogP contribution in [0.4, 0.5) is 8.78 Å². The smallest absolute Gasteiger partial charge is 0.256 e. The van der Waals surface area contributed by atoms with Crippen molar-refractivity contribution in [2.75, 3.05) is 33.3 Å². The third-order valence-corrected chi connectivity index (χ3v) is 5.21. The predicted octanol–water partition coefficient (Wildman–Crippen LogP) is 2.69. The fourth-order valence-corrected chi connectivity index (χ4v) is 3.97. The SMILES string of the molecule is COc1ccc(C(=O)N2CCC(N3C[C@@H](C)O[C@@H](C)C3)CC2)c(F)c1F. The molecule has 2 aliphatic rings. The molecule has 5 nitrogen and oxygen atoms in total. The van der Waals surface area contributed by atoms with E-state index in [9.17, 15) is 13.6 Å². The molecule has 2 heterocycles. The summed E-state index contributed by atoms with van der Waals surface area (Å²) >= 11 is 0. The van der Waals surface area contributed by atoms with Crippen LogP contribution < -0.4 is 4.74 Å². The molecule has 0 bridgehead atoms. The molecule has 0 N–H and O–H groups in total. The molecule has 1 aromatic carbocycles. The van der Waals surface area contributed by atoms with Gasteiger partial charge in [0.15, 0.2) is 11.6 Å². The molecule has 0 aromatic heterocycles. The molecule has 144 valence electrons. The van der Waals surface area contributed by atoms with Crippen LogP contribution in [0.5, 0.6) is 5.75 Å². The zero-order valence-corrected chi connectivity index (χ0v) is 15.5. The Labute approximate surface area is 152 Å². The van der Waals surface area contributed by atoms with Gasteiger partial charge in [-0.2, -0.15) is 4.39 Å². The van der Waals surface area contributed by atoms with Gasteiger partial charge in [-0.3, -0.25) is 9.69 Å². The summed E-state index contributed by atoms with van der Waals surface area (Å²) in [6.07, 6.45) is 2.06. The second-order valence-electron chi connectivity index (χ2n) is 7.18. The Morgan fingerprint density at radius 3 is 2.31 bits per heavy atom. The maximum absolute atomic E-state index is 14.2. The van der Waals surface area contributed by atoms with Gasteiger partial charge in [-0.25, -0.2) is 4.39 Å². The number of piperidine rings is 1. The summed E-state index contributed by atoms with van der Waals surface area (Å²) in [5, 5.41) is 0. The Kier molecular flexibility index (Phi) is 5.77. The van der Waals surface area contributed by atoms with Crippen LogP contribution >= 0.6 is 0 Å². The monoisotopic (exact) mass is 368 g/mol. The van der Waals surface area contributed by atoms with Gasteiger partial charge in [0.1, 0.15) is 0 Å². The lowest BCUT2D eigenvalue weighted by molar-refractivity contribution is -0.0856. The number of carbonyl (C=O) groups is 1. The van der Waals surface area contributed by atoms with Crippen LogP contribution in [0.3, 0.4) is 0 Å². The van der Waals surface area contributed by atoms with Crippen molar-refractivity contribution in [1.82, 2.24) is 9.80 Å². The number of morpholine rings is 1. The minimum absolute atomic E-state index is 0.201. The van der Waals surface area contributed by atoms with Crippen molar-refractivity contribution in [2.24, 2.45) is 0 Å². The van der Waals surface area contributed by atoms with E-state index < -0.39 is 17.5 Å². The number of hydrogen-bond acceptors (Lipinski definition) is 4. The highest BCUT2D eigenvalue weighted by Crippen LogP contribution is 2.26. The van der Waals surface area contributed by atoms with E-state index in [1.807, 2.05) is 0 Å². The number of halogens is 2. The van der Waals surface area contributed by atoms with Gasteiger partial charge in [0.05, 0.1) is 24.9 Å². The van der Waals surface area contributed by atoms with Crippen LogP contribution in [0.25, 0.3) is 0 Å². The van der Waals surface area contributed by atoms with Crippen molar-refractivity contribution in [2.45, 2.75) is 44.9 Å². The molecule has 2 atom stereocenters. The van der Waals surface area contributed by atoms with E-state index in [-0.39, 0.29) is 23.5 Å². The molecular formula is C19H26F2N2O3. The van der Waals surface area contributed by atoms with E-state index in [0.717, 1.165) is 25.9 Å². The van der Waals surface area contributed by atoms with Gasteiger partial charge in [0.25, 0.3) is 5.91 Å². The maximum Gasteiger partial charge on any atom is 0.256 e. The highest BCUT2D eigenvalue weighted by Gasteiger charge is 2.32. The van der Waals surface area contributed by atoms with Crippen LogP contribution in [0.15, 0.2) is 12.1 Å². The average molecular weight is 368 g/mol. The van der Waals surface area contributed by atoms with Crippen LogP contribution in [-0.4, -0.2) is 67.2 Å². The van der Waals surface area contributed by atoms with Crippen molar-refractivity contribution >= 4 is 5.91 Å². The van der Waals surface area contributed by atoms with E-state index in [1.54, 1.807) is 4.90 Å². The highest BCUT2D eigenvalue weighted by atomic mass is 19.2. The Bertz CT molecular complexity index is 652. The molecule has 0 unspecified atom stereocenters. The molecule has 2 aliphatic heterocycles. The Morgan fingerprint density at radius 1 is 1.12 bits per heavy atom. The van der Waals surface area contributed by atoms with Crippen LogP contribution in [0, 0.1) is 11.6 Å². The molecule has 0 radical (unpaired) electrons. The van der Waals surface area contributed by atoms with Crippen LogP contribution in [0.1, 0.15) is 37.0 Å². The van der Waals surface area contributed by atoms with Gasteiger partial charge in [-0.1, -0.05) is 0 Å². The number of rotatable bonds is 3. The number of nitrogens with zero attached hydrogens (tertiary/aromatic N) is 2. The molecule has 0 aliphatic carbocycles. The fraction of sp³-hybridized carbons (Fsp3) is 0.632. The molecule has 0 saturated carbocycles. The molecule has 7 heteroatoms. The Hall–Kier alpha value is -1.73. The van der Waals surface area contributed by atoms with Gasteiger partial charge < -0.3 is 14.4 Å². The Morgan fingerprint density at radius 2 is 1.73 bits per heavy atom. The largest absolute Gasteiger partial charge is 0.494 e. The zero-order valence-electron chi connectivity index (χ0n) is 15.5. The van der Waals surface area contributed by atoms with E-state index in [4.69, 9.17) is 9.47 Å². The summed E-state index contributed by atoms with van der Waals surface area (Å²) in [6, 6.07) is 2.97. The lowest BCUT2D eigenvalue weighted by Gasteiger charge is -2.43. The fourth-order valence-electron chi connectivity index (χ4n) is 3.97. The summed E-state index contributed by atoms with van der Waals surface area (Å²) in [5.41, 5.74) is -0.240. The van der Waals surface area contributed by atoms with Crippen molar-refractivity contribution in [3.05, 3.63) is 29.3 Å². The molecule has 2 fully saturated rings. The average Bonchev–Trinajstić information content (AvgIpc) is 2.63. The summed E-state index contributed by atoms with van der Waals surface area (Å²) in [7, 11) is 1.26. The lowest BCUT2D eigenvalue weighted by Crippen LogP contribution is -2.53. The second-order valence-corrected chi connectivity index (χ2v) is 7.18. The first-order valence-electron chi connectivity index (χ1n) is 9.11. The number of carbonyl (C=O) groups excluding carboxylic acids is 1. The number of hydrogen-bond donors (Lipinski definition) is 0. The Balaban J connectivity index is 1.63.